The molecule has 94 valence electrons. The highest BCUT2D eigenvalue weighted by molar-refractivity contribution is 5.49. The first-order valence-electron chi connectivity index (χ1n) is 5.98. The number of allylic oxidation sites excluding steroid dienone is 1. The number of hydrogen-bond donors (Lipinski definition) is 2. The minimum atomic E-state index is -0.313. The third-order valence-corrected chi connectivity index (χ3v) is 3.28. The zero-order valence-electron chi connectivity index (χ0n) is 11.0. The maximum absolute atomic E-state index is 8.78. The molecule has 1 heterocycles. The lowest BCUT2D eigenvalue weighted by molar-refractivity contribution is 0.142. The van der Waals surface area contributed by atoms with Crippen molar-refractivity contribution in [1.82, 2.24) is 10.2 Å². The van der Waals surface area contributed by atoms with Crippen LogP contribution in [0.25, 0.3) is 0 Å². The second kappa shape index (κ2) is 4.71. The van der Waals surface area contributed by atoms with E-state index in [9.17, 15) is 0 Å². The van der Waals surface area contributed by atoms with Crippen LogP contribution >= 0.6 is 0 Å². The highest BCUT2D eigenvalue weighted by Gasteiger charge is 2.30. The van der Waals surface area contributed by atoms with Crippen molar-refractivity contribution in [2.75, 3.05) is 18.9 Å². The fraction of sp³-hybridized carbons (Fsp3) is 0.357. The summed E-state index contributed by atoms with van der Waals surface area (Å²) in [4.78, 5) is 2.19. The summed E-state index contributed by atoms with van der Waals surface area (Å²) in [6, 6.07) is 9.60. The third kappa shape index (κ3) is 2.47. The van der Waals surface area contributed by atoms with Crippen molar-refractivity contribution in [2.24, 2.45) is 0 Å². The summed E-state index contributed by atoms with van der Waals surface area (Å²) in [5, 5.41) is 15.7. The summed E-state index contributed by atoms with van der Waals surface area (Å²) >= 11 is 0. The molecule has 0 amide bonds. The maximum atomic E-state index is 8.78. The molecule has 1 unspecified atom stereocenters. The molecule has 18 heavy (non-hydrogen) atoms. The fourth-order valence-electron chi connectivity index (χ4n) is 2.02. The van der Waals surface area contributed by atoms with Gasteiger partial charge in [-0.2, -0.15) is 5.26 Å². The van der Waals surface area contributed by atoms with Crippen LogP contribution in [0.5, 0.6) is 0 Å². The fourth-order valence-corrected chi connectivity index (χ4v) is 2.02. The van der Waals surface area contributed by atoms with E-state index in [2.05, 4.69) is 48.6 Å². The zero-order chi connectivity index (χ0) is 13.2. The van der Waals surface area contributed by atoms with Gasteiger partial charge in [-0.05, 0) is 45.2 Å². The second-order valence-electron chi connectivity index (χ2n) is 4.78. The lowest BCUT2D eigenvalue weighted by Gasteiger charge is -2.44. The second-order valence-corrected chi connectivity index (χ2v) is 4.78. The number of likely N-dealkylation sites (N-methyl/N-ethyl adjacent to an activating group) is 1. The minimum absolute atomic E-state index is 0.313. The summed E-state index contributed by atoms with van der Waals surface area (Å²) in [7, 11) is 2.06. The van der Waals surface area contributed by atoms with Gasteiger partial charge in [-0.15, -0.1) is 0 Å². The number of nitrogens with one attached hydrogen (secondary N) is 2. The van der Waals surface area contributed by atoms with Gasteiger partial charge in [0.05, 0.1) is 11.6 Å². The summed E-state index contributed by atoms with van der Waals surface area (Å²) in [5.41, 5.74) is 2.83. The predicted molar refractivity (Wildman–Crippen MR) is 72.7 cm³/mol. The number of hydrogen-bond acceptors (Lipinski definition) is 4. The molecule has 0 saturated carbocycles. The van der Waals surface area contributed by atoms with Crippen LogP contribution in [0.15, 0.2) is 36.0 Å². The summed E-state index contributed by atoms with van der Waals surface area (Å²) < 4.78 is 0. The quantitative estimate of drug-likeness (QED) is 0.833. The molecule has 0 saturated heterocycles. The molecule has 0 spiro atoms. The first-order chi connectivity index (χ1) is 8.53. The maximum Gasteiger partial charge on any atom is 0.163 e. The monoisotopic (exact) mass is 242 g/mol. The van der Waals surface area contributed by atoms with Gasteiger partial charge in [0.15, 0.2) is 5.79 Å². The van der Waals surface area contributed by atoms with Crippen LogP contribution in [-0.4, -0.2) is 24.3 Å². The lowest BCUT2D eigenvalue weighted by atomic mass is 10.2. The smallest absolute Gasteiger partial charge is 0.163 e. The number of benzene rings is 1. The lowest BCUT2D eigenvalue weighted by Crippen LogP contribution is -2.62. The Labute approximate surface area is 108 Å². The van der Waals surface area contributed by atoms with Gasteiger partial charge in [-0.25, -0.2) is 0 Å². The molecule has 0 radical (unpaired) electrons. The van der Waals surface area contributed by atoms with E-state index in [0.717, 1.165) is 17.9 Å². The Morgan fingerprint density at radius 2 is 2.06 bits per heavy atom. The van der Waals surface area contributed by atoms with Crippen LogP contribution in [0.4, 0.5) is 5.69 Å². The van der Waals surface area contributed by atoms with Crippen molar-refractivity contribution in [3.63, 3.8) is 0 Å². The summed E-state index contributed by atoms with van der Waals surface area (Å²) in [6.45, 7) is 5.06. The van der Waals surface area contributed by atoms with Gasteiger partial charge in [0, 0.05) is 17.9 Å². The van der Waals surface area contributed by atoms with Crippen LogP contribution in [0.1, 0.15) is 19.4 Å². The highest BCUT2D eigenvalue weighted by Crippen LogP contribution is 2.20. The molecule has 0 aliphatic carbocycles. The molecule has 0 fully saturated rings. The van der Waals surface area contributed by atoms with Gasteiger partial charge in [0.25, 0.3) is 0 Å². The van der Waals surface area contributed by atoms with Gasteiger partial charge in [-0.3, -0.25) is 4.90 Å². The van der Waals surface area contributed by atoms with E-state index in [1.165, 1.54) is 0 Å². The molecule has 1 aliphatic rings. The first-order valence-corrected chi connectivity index (χ1v) is 5.98. The molecule has 2 rings (SSSR count). The molecule has 4 heteroatoms. The molecule has 1 atom stereocenters. The van der Waals surface area contributed by atoms with Crippen molar-refractivity contribution in [1.29, 1.82) is 5.26 Å². The average molecular weight is 242 g/mol. The van der Waals surface area contributed by atoms with E-state index >= 15 is 0 Å². The molecular weight excluding hydrogens is 224 g/mol. The van der Waals surface area contributed by atoms with Gasteiger partial charge in [0.2, 0.25) is 0 Å². The summed E-state index contributed by atoms with van der Waals surface area (Å²) in [5.74, 6) is -0.313. The van der Waals surface area contributed by atoms with Crippen LogP contribution in [0.2, 0.25) is 0 Å². The SMILES string of the molecule is CC1=CCN(C)C(C)(Nc2ccc(C#N)cc2)N1. The Bertz CT molecular complexity index is 498. The molecule has 0 aromatic heterocycles. The van der Waals surface area contributed by atoms with Crippen LogP contribution in [0, 0.1) is 11.3 Å². The Morgan fingerprint density at radius 1 is 1.39 bits per heavy atom. The first kappa shape index (κ1) is 12.5. The number of rotatable bonds is 2. The predicted octanol–water partition coefficient (Wildman–Crippen LogP) is 2.08. The van der Waals surface area contributed by atoms with Gasteiger partial charge < -0.3 is 10.6 Å². The normalized spacial score (nSPS) is 23.8. The zero-order valence-corrected chi connectivity index (χ0v) is 11.0. The Balaban J connectivity index is 2.17. The van der Waals surface area contributed by atoms with Crippen LogP contribution in [-0.2, 0) is 0 Å². The van der Waals surface area contributed by atoms with Crippen molar-refractivity contribution in [3.05, 3.63) is 41.6 Å². The van der Waals surface area contributed by atoms with E-state index in [1.54, 1.807) is 0 Å². The van der Waals surface area contributed by atoms with Crippen LogP contribution in [0.3, 0.4) is 0 Å². The van der Waals surface area contributed by atoms with E-state index in [0.29, 0.717) is 5.56 Å². The van der Waals surface area contributed by atoms with Gasteiger partial charge >= 0.3 is 0 Å². The van der Waals surface area contributed by atoms with Gasteiger partial charge in [0.1, 0.15) is 0 Å². The molecule has 2 N–H and O–H groups in total. The minimum Gasteiger partial charge on any atom is -0.355 e. The Kier molecular flexibility index (Phi) is 3.26. The van der Waals surface area contributed by atoms with Gasteiger partial charge in [-0.1, -0.05) is 6.08 Å². The molecule has 1 aromatic rings. The van der Waals surface area contributed by atoms with Crippen molar-refractivity contribution < 1.29 is 0 Å². The van der Waals surface area contributed by atoms with Crippen molar-refractivity contribution in [3.8, 4) is 6.07 Å². The van der Waals surface area contributed by atoms with Crippen molar-refractivity contribution in [2.45, 2.75) is 19.6 Å². The molecule has 1 aromatic carbocycles. The number of nitrogens with zero attached hydrogens (tertiary/aromatic N) is 2. The van der Waals surface area contributed by atoms with E-state index in [-0.39, 0.29) is 5.79 Å². The molecular formula is C14H18N4. The third-order valence-electron chi connectivity index (χ3n) is 3.28. The Morgan fingerprint density at radius 3 is 2.67 bits per heavy atom. The average Bonchev–Trinajstić information content (AvgIpc) is 2.35. The largest absolute Gasteiger partial charge is 0.355 e. The van der Waals surface area contributed by atoms with E-state index < -0.39 is 0 Å². The van der Waals surface area contributed by atoms with E-state index in [1.807, 2.05) is 24.3 Å². The molecule has 4 nitrogen and oxygen atoms in total. The Hall–Kier alpha value is -1.99. The topological polar surface area (TPSA) is 51.1 Å². The summed E-state index contributed by atoms with van der Waals surface area (Å²) in [6.07, 6.45) is 2.15. The molecule has 0 bridgehead atoms. The van der Waals surface area contributed by atoms with E-state index in [4.69, 9.17) is 5.26 Å². The number of anilines is 1. The van der Waals surface area contributed by atoms with Crippen LogP contribution < -0.4 is 10.6 Å². The molecule has 1 aliphatic heterocycles. The standard InChI is InChI=1S/C14H18N4/c1-11-8-9-18(3)14(2,16-11)17-13-6-4-12(10-15)5-7-13/h4-8,16-17H,9H2,1-3H3. The number of nitriles is 1. The van der Waals surface area contributed by atoms with Crippen molar-refractivity contribution >= 4 is 5.69 Å². The highest BCUT2D eigenvalue weighted by atomic mass is 15.4.